The largest absolute Gasteiger partial charge is 0.488 e. The smallest absolute Gasteiger partial charge is 0.419 e. The zero-order valence-electron chi connectivity index (χ0n) is 11.2. The van der Waals surface area contributed by atoms with E-state index in [1.54, 1.807) is 24.3 Å². The van der Waals surface area contributed by atoms with Crippen molar-refractivity contribution in [2.75, 3.05) is 6.61 Å². The predicted octanol–water partition coefficient (Wildman–Crippen LogP) is 3.82. The first kappa shape index (κ1) is 15.4. The lowest BCUT2D eigenvalue weighted by molar-refractivity contribution is -0.139. The zero-order chi connectivity index (χ0) is 15.3. The van der Waals surface area contributed by atoms with E-state index in [1.165, 1.54) is 12.1 Å². The number of halogens is 3. The Hall–Kier alpha value is -2.01. The van der Waals surface area contributed by atoms with Gasteiger partial charge in [-0.25, -0.2) is 0 Å². The molecule has 2 aromatic carbocycles. The molecule has 2 nitrogen and oxygen atoms in total. The Labute approximate surface area is 120 Å². The summed E-state index contributed by atoms with van der Waals surface area (Å²) in [6.45, 7) is -0.120. The molecule has 0 aliphatic heterocycles. The van der Waals surface area contributed by atoms with Crippen LogP contribution >= 0.6 is 0 Å². The molecule has 0 aliphatic carbocycles. The third-order valence-corrected chi connectivity index (χ3v) is 2.99. The van der Waals surface area contributed by atoms with Crippen LogP contribution in [0.15, 0.2) is 48.5 Å². The average Bonchev–Trinajstić information content (AvgIpc) is 2.46. The lowest BCUT2D eigenvalue weighted by atomic mass is 10.1. The maximum absolute atomic E-state index is 13.1. The van der Waals surface area contributed by atoms with E-state index < -0.39 is 11.7 Å². The summed E-state index contributed by atoms with van der Waals surface area (Å²) < 4.78 is 44.5. The number of hydrogen-bond donors (Lipinski definition) is 1. The van der Waals surface area contributed by atoms with Gasteiger partial charge in [0, 0.05) is 6.61 Å². The number of hydrogen-bond acceptors (Lipinski definition) is 2. The molecule has 2 aromatic rings. The summed E-state index contributed by atoms with van der Waals surface area (Å²) in [7, 11) is 0. The Morgan fingerprint density at radius 2 is 1.67 bits per heavy atom. The highest BCUT2D eigenvalue weighted by molar-refractivity contribution is 5.39. The van der Waals surface area contributed by atoms with Crippen LogP contribution in [-0.4, -0.2) is 11.7 Å². The first-order chi connectivity index (χ1) is 10.0. The van der Waals surface area contributed by atoms with Gasteiger partial charge in [0.25, 0.3) is 0 Å². The molecule has 21 heavy (non-hydrogen) atoms. The van der Waals surface area contributed by atoms with Crippen molar-refractivity contribution in [3.63, 3.8) is 0 Å². The Morgan fingerprint density at radius 1 is 0.952 bits per heavy atom. The Morgan fingerprint density at radius 3 is 2.29 bits per heavy atom. The van der Waals surface area contributed by atoms with Gasteiger partial charge in [-0.3, -0.25) is 0 Å². The Balaban J connectivity index is 2.21. The minimum absolute atomic E-state index is 0.0727. The lowest BCUT2D eigenvalue weighted by Gasteiger charge is -2.15. The molecule has 1 N–H and O–H groups in total. The van der Waals surface area contributed by atoms with Crippen LogP contribution in [0.25, 0.3) is 0 Å². The SMILES string of the molecule is OCCc1ccc(OCc2ccccc2)c(C(F)(F)F)c1. The molecule has 0 fully saturated rings. The van der Waals surface area contributed by atoms with Crippen LogP contribution in [0, 0.1) is 0 Å². The van der Waals surface area contributed by atoms with E-state index in [9.17, 15) is 13.2 Å². The fourth-order valence-corrected chi connectivity index (χ4v) is 1.94. The Kier molecular flexibility index (Phi) is 4.85. The van der Waals surface area contributed by atoms with E-state index >= 15 is 0 Å². The number of aliphatic hydroxyl groups excluding tert-OH is 1. The second-order valence-corrected chi connectivity index (χ2v) is 4.58. The molecule has 0 spiro atoms. The summed E-state index contributed by atoms with van der Waals surface area (Å²) in [6, 6.07) is 12.9. The van der Waals surface area contributed by atoms with E-state index in [0.29, 0.717) is 5.56 Å². The van der Waals surface area contributed by atoms with Crippen molar-refractivity contribution in [1.29, 1.82) is 0 Å². The molecule has 0 amide bonds. The first-order valence-corrected chi connectivity index (χ1v) is 6.48. The maximum atomic E-state index is 13.1. The van der Waals surface area contributed by atoms with Gasteiger partial charge in [0.1, 0.15) is 12.4 Å². The second kappa shape index (κ2) is 6.63. The maximum Gasteiger partial charge on any atom is 0.419 e. The number of alkyl halides is 3. The van der Waals surface area contributed by atoms with Gasteiger partial charge in [-0.05, 0) is 29.7 Å². The van der Waals surface area contributed by atoms with Crippen molar-refractivity contribution in [3.05, 3.63) is 65.2 Å². The lowest BCUT2D eigenvalue weighted by Crippen LogP contribution is -2.10. The minimum atomic E-state index is -4.49. The molecular weight excluding hydrogens is 281 g/mol. The third kappa shape index (κ3) is 4.23. The highest BCUT2D eigenvalue weighted by atomic mass is 19.4. The van der Waals surface area contributed by atoms with Crippen molar-refractivity contribution >= 4 is 0 Å². The van der Waals surface area contributed by atoms with Crippen LogP contribution in [0.3, 0.4) is 0 Å². The predicted molar refractivity (Wildman–Crippen MR) is 73.0 cm³/mol. The fourth-order valence-electron chi connectivity index (χ4n) is 1.94. The first-order valence-electron chi connectivity index (χ1n) is 6.48. The van der Waals surface area contributed by atoms with Crippen LogP contribution < -0.4 is 4.74 Å². The molecule has 0 radical (unpaired) electrons. The number of ether oxygens (including phenoxy) is 1. The van der Waals surface area contributed by atoms with Gasteiger partial charge in [-0.1, -0.05) is 36.4 Å². The minimum Gasteiger partial charge on any atom is -0.488 e. The fraction of sp³-hybridized carbons (Fsp3) is 0.250. The molecule has 0 aliphatic rings. The monoisotopic (exact) mass is 296 g/mol. The summed E-state index contributed by atoms with van der Waals surface area (Å²) >= 11 is 0. The summed E-state index contributed by atoms with van der Waals surface area (Å²) in [4.78, 5) is 0. The highest BCUT2D eigenvalue weighted by Gasteiger charge is 2.34. The molecule has 5 heteroatoms. The Bertz CT molecular complexity index is 580. The molecule has 0 saturated heterocycles. The molecule has 2 rings (SSSR count). The third-order valence-electron chi connectivity index (χ3n) is 2.99. The topological polar surface area (TPSA) is 29.5 Å². The normalized spacial score (nSPS) is 11.4. The molecule has 112 valence electrons. The van der Waals surface area contributed by atoms with Crippen molar-refractivity contribution < 1.29 is 23.0 Å². The van der Waals surface area contributed by atoms with E-state index in [-0.39, 0.29) is 25.4 Å². The zero-order valence-corrected chi connectivity index (χ0v) is 11.2. The molecule has 0 saturated carbocycles. The molecule has 0 heterocycles. The standard InChI is InChI=1S/C16H15F3O2/c17-16(18,19)14-10-12(8-9-20)6-7-15(14)21-11-13-4-2-1-3-5-13/h1-7,10,20H,8-9,11H2. The van der Waals surface area contributed by atoms with E-state index in [4.69, 9.17) is 9.84 Å². The van der Waals surface area contributed by atoms with E-state index in [0.717, 1.165) is 11.6 Å². The molecular formula is C16H15F3O2. The van der Waals surface area contributed by atoms with Gasteiger partial charge in [-0.2, -0.15) is 13.2 Å². The van der Waals surface area contributed by atoms with Crippen LogP contribution in [0.4, 0.5) is 13.2 Å². The van der Waals surface area contributed by atoms with Gasteiger partial charge in [-0.15, -0.1) is 0 Å². The van der Waals surface area contributed by atoms with Gasteiger partial charge in [0.2, 0.25) is 0 Å². The van der Waals surface area contributed by atoms with Crippen molar-refractivity contribution in [1.82, 2.24) is 0 Å². The molecule has 0 aromatic heterocycles. The van der Waals surface area contributed by atoms with Gasteiger partial charge >= 0.3 is 6.18 Å². The quantitative estimate of drug-likeness (QED) is 0.909. The van der Waals surface area contributed by atoms with Crippen LogP contribution in [0.2, 0.25) is 0 Å². The van der Waals surface area contributed by atoms with E-state index in [2.05, 4.69) is 0 Å². The van der Waals surface area contributed by atoms with Crippen LogP contribution in [0.5, 0.6) is 5.75 Å². The summed E-state index contributed by atoms with van der Waals surface area (Å²) in [5.74, 6) is -0.201. The number of aliphatic hydroxyl groups is 1. The van der Waals surface area contributed by atoms with Gasteiger partial charge in [0.05, 0.1) is 5.56 Å². The average molecular weight is 296 g/mol. The van der Waals surface area contributed by atoms with Crippen molar-refractivity contribution in [2.45, 2.75) is 19.2 Å². The van der Waals surface area contributed by atoms with Crippen molar-refractivity contribution in [3.8, 4) is 5.75 Å². The van der Waals surface area contributed by atoms with Crippen LogP contribution in [0.1, 0.15) is 16.7 Å². The molecule has 0 atom stereocenters. The van der Waals surface area contributed by atoms with E-state index in [1.807, 2.05) is 6.07 Å². The summed E-state index contributed by atoms with van der Waals surface area (Å²) in [6.07, 6.45) is -4.31. The summed E-state index contributed by atoms with van der Waals surface area (Å²) in [5, 5.41) is 8.82. The number of benzene rings is 2. The molecule has 0 unspecified atom stereocenters. The molecule has 0 bridgehead atoms. The van der Waals surface area contributed by atoms with Crippen molar-refractivity contribution in [2.24, 2.45) is 0 Å². The van der Waals surface area contributed by atoms with Gasteiger partial charge in [0.15, 0.2) is 0 Å². The number of rotatable bonds is 5. The van der Waals surface area contributed by atoms with Gasteiger partial charge < -0.3 is 9.84 Å². The highest BCUT2D eigenvalue weighted by Crippen LogP contribution is 2.37. The summed E-state index contributed by atoms with van der Waals surface area (Å²) in [5.41, 5.74) is 0.409. The second-order valence-electron chi connectivity index (χ2n) is 4.58. The van der Waals surface area contributed by atoms with Crippen LogP contribution in [-0.2, 0) is 19.2 Å².